The van der Waals surface area contributed by atoms with Gasteiger partial charge in [0.05, 0.1) is 12.5 Å². The molecule has 0 saturated carbocycles. The van der Waals surface area contributed by atoms with Crippen LogP contribution in [0.4, 0.5) is 4.39 Å². The highest BCUT2D eigenvalue weighted by atomic mass is 19.1. The van der Waals surface area contributed by atoms with E-state index in [1.807, 2.05) is 0 Å². The van der Waals surface area contributed by atoms with Crippen molar-refractivity contribution < 1.29 is 18.5 Å². The smallest absolute Gasteiger partial charge is 0.299 e. The largest absolute Gasteiger partial charge is 0.352 e. The first kappa shape index (κ1) is 10.6. The number of hydrogen-bond donors (Lipinski definition) is 0. The van der Waals surface area contributed by atoms with E-state index >= 15 is 0 Å². The molecule has 0 radical (unpaired) electrons. The number of benzene rings is 1. The first-order chi connectivity index (χ1) is 7.65. The van der Waals surface area contributed by atoms with Gasteiger partial charge in [-0.05, 0) is 12.1 Å². The van der Waals surface area contributed by atoms with Gasteiger partial charge in [0, 0.05) is 7.05 Å². The van der Waals surface area contributed by atoms with Crippen LogP contribution in [0.1, 0.15) is 10.5 Å². The zero-order chi connectivity index (χ0) is 11.7. The summed E-state index contributed by atoms with van der Waals surface area (Å²) in [4.78, 5) is 16.4. The molecule has 84 valence electrons. The lowest BCUT2D eigenvalue weighted by molar-refractivity contribution is -0.0761. The van der Waals surface area contributed by atoms with Gasteiger partial charge in [-0.15, -0.1) is 0 Å². The summed E-state index contributed by atoms with van der Waals surface area (Å²) in [5, 5.41) is 4.85. The highest BCUT2D eigenvalue weighted by molar-refractivity contribution is 6.03. The van der Waals surface area contributed by atoms with Gasteiger partial charge in [-0.1, -0.05) is 11.2 Å². The molecule has 0 saturated heterocycles. The van der Waals surface area contributed by atoms with Gasteiger partial charge in [0.25, 0.3) is 5.91 Å². The van der Waals surface area contributed by atoms with Crippen molar-refractivity contribution in [3.8, 4) is 0 Å². The van der Waals surface area contributed by atoms with Crippen LogP contribution in [0.2, 0.25) is 0 Å². The maximum atomic E-state index is 13.3. The number of carbonyl (C=O) groups is 1. The van der Waals surface area contributed by atoms with Crippen LogP contribution in [0.5, 0.6) is 0 Å². The maximum Gasteiger partial charge on any atom is 0.299 e. The van der Waals surface area contributed by atoms with Crippen molar-refractivity contribution in [3.63, 3.8) is 0 Å². The lowest BCUT2D eigenvalue weighted by Gasteiger charge is -2.10. The third kappa shape index (κ3) is 1.53. The van der Waals surface area contributed by atoms with Gasteiger partial charge in [-0.2, -0.15) is 0 Å². The second kappa shape index (κ2) is 3.90. The molecule has 0 bridgehead atoms. The van der Waals surface area contributed by atoms with Crippen molar-refractivity contribution >= 4 is 16.9 Å². The van der Waals surface area contributed by atoms with Crippen molar-refractivity contribution in [2.45, 2.75) is 0 Å². The number of fused-ring (bicyclic) bond motifs is 1. The molecule has 1 amide bonds. The molecular weight excluding hydrogens is 215 g/mol. The monoisotopic (exact) mass is 224 g/mol. The normalized spacial score (nSPS) is 10.7. The van der Waals surface area contributed by atoms with Gasteiger partial charge in [0.15, 0.2) is 11.5 Å². The van der Waals surface area contributed by atoms with E-state index in [9.17, 15) is 9.18 Å². The minimum absolute atomic E-state index is 0.0267. The van der Waals surface area contributed by atoms with Crippen LogP contribution < -0.4 is 0 Å². The third-order valence-electron chi connectivity index (χ3n) is 2.21. The second-order valence-corrected chi connectivity index (χ2v) is 3.13. The van der Waals surface area contributed by atoms with Gasteiger partial charge in [-0.25, -0.2) is 9.45 Å². The molecule has 0 aliphatic heterocycles. The molecule has 0 atom stereocenters. The maximum absolute atomic E-state index is 13.3. The van der Waals surface area contributed by atoms with Crippen molar-refractivity contribution in [1.29, 1.82) is 0 Å². The standard InChI is InChI=1S/C10H9FN2O3/c1-13(15-2)10(14)8-6-4-3-5-7(11)9(6)16-12-8/h3-5H,1-2H3. The molecule has 0 fully saturated rings. The number of amides is 1. The Morgan fingerprint density at radius 1 is 1.56 bits per heavy atom. The van der Waals surface area contributed by atoms with Gasteiger partial charge < -0.3 is 4.52 Å². The van der Waals surface area contributed by atoms with Gasteiger partial charge in [-0.3, -0.25) is 9.63 Å². The second-order valence-electron chi connectivity index (χ2n) is 3.13. The summed E-state index contributed by atoms with van der Waals surface area (Å²) >= 11 is 0. The minimum atomic E-state index is -0.552. The molecule has 0 unspecified atom stereocenters. The van der Waals surface area contributed by atoms with Crippen LogP contribution in [0.15, 0.2) is 22.7 Å². The van der Waals surface area contributed by atoms with E-state index in [1.165, 1.54) is 26.3 Å². The average Bonchev–Trinajstić information content (AvgIpc) is 2.72. The van der Waals surface area contributed by atoms with Crippen molar-refractivity contribution in [3.05, 3.63) is 29.7 Å². The van der Waals surface area contributed by atoms with Crippen molar-refractivity contribution in [1.82, 2.24) is 10.2 Å². The van der Waals surface area contributed by atoms with Crippen molar-refractivity contribution in [2.24, 2.45) is 0 Å². The zero-order valence-corrected chi connectivity index (χ0v) is 8.73. The molecule has 5 nitrogen and oxygen atoms in total. The molecule has 2 aromatic rings. The molecule has 2 rings (SSSR count). The van der Waals surface area contributed by atoms with Crippen LogP contribution >= 0.6 is 0 Å². The molecule has 0 aliphatic carbocycles. The summed E-state index contributed by atoms with van der Waals surface area (Å²) in [5.74, 6) is -1.05. The molecule has 6 heteroatoms. The fourth-order valence-corrected chi connectivity index (χ4v) is 1.31. The molecule has 1 aromatic carbocycles. The fraction of sp³-hybridized carbons (Fsp3) is 0.200. The number of rotatable bonds is 2. The Morgan fingerprint density at radius 2 is 2.31 bits per heavy atom. The molecule has 0 spiro atoms. The quantitative estimate of drug-likeness (QED) is 0.727. The van der Waals surface area contributed by atoms with E-state index in [2.05, 4.69) is 5.16 Å². The Morgan fingerprint density at radius 3 is 3.00 bits per heavy atom. The Bertz CT molecular complexity index is 538. The zero-order valence-electron chi connectivity index (χ0n) is 8.73. The van der Waals surface area contributed by atoms with E-state index in [0.717, 1.165) is 5.06 Å². The summed E-state index contributed by atoms with van der Waals surface area (Å²) in [6.07, 6.45) is 0. The van der Waals surface area contributed by atoms with Crippen LogP contribution in [0.25, 0.3) is 11.0 Å². The SMILES string of the molecule is CON(C)C(=O)c1noc2c(F)cccc12. The number of carbonyl (C=O) groups excluding carboxylic acids is 1. The van der Waals surface area contributed by atoms with Crippen LogP contribution in [-0.4, -0.2) is 30.3 Å². The van der Waals surface area contributed by atoms with Crippen LogP contribution in [-0.2, 0) is 4.84 Å². The first-order valence-corrected chi connectivity index (χ1v) is 4.51. The number of nitrogens with zero attached hydrogens (tertiary/aromatic N) is 2. The number of hydroxylamine groups is 2. The highest BCUT2D eigenvalue weighted by Gasteiger charge is 2.21. The average molecular weight is 224 g/mol. The number of para-hydroxylation sites is 1. The highest BCUT2D eigenvalue weighted by Crippen LogP contribution is 2.21. The first-order valence-electron chi connectivity index (χ1n) is 4.51. The molecule has 16 heavy (non-hydrogen) atoms. The summed E-state index contributed by atoms with van der Waals surface area (Å²) in [7, 11) is 2.78. The third-order valence-corrected chi connectivity index (χ3v) is 2.21. The lowest BCUT2D eigenvalue weighted by Crippen LogP contribution is -2.25. The van der Waals surface area contributed by atoms with E-state index in [0.29, 0.717) is 5.39 Å². The van der Waals surface area contributed by atoms with E-state index in [-0.39, 0.29) is 11.3 Å². The molecule has 1 heterocycles. The Hall–Kier alpha value is -1.95. The molecular formula is C10H9FN2O3. The van der Waals surface area contributed by atoms with Gasteiger partial charge in [0.1, 0.15) is 0 Å². The fourth-order valence-electron chi connectivity index (χ4n) is 1.31. The predicted octanol–water partition coefficient (Wildman–Crippen LogP) is 1.60. The molecule has 1 aromatic heterocycles. The van der Waals surface area contributed by atoms with Gasteiger partial charge >= 0.3 is 0 Å². The summed E-state index contributed by atoms with van der Waals surface area (Å²) in [6.45, 7) is 0. The summed E-state index contributed by atoms with van der Waals surface area (Å²) < 4.78 is 18.0. The predicted molar refractivity (Wildman–Crippen MR) is 53.1 cm³/mol. The summed E-state index contributed by atoms with van der Waals surface area (Å²) in [6, 6.07) is 4.28. The number of halogens is 1. The topological polar surface area (TPSA) is 55.6 Å². The Kier molecular flexibility index (Phi) is 2.57. The minimum Gasteiger partial charge on any atom is -0.352 e. The van der Waals surface area contributed by atoms with E-state index in [1.54, 1.807) is 6.07 Å². The Labute approximate surface area is 90.3 Å². The van der Waals surface area contributed by atoms with Crippen LogP contribution in [0, 0.1) is 5.82 Å². The molecule has 0 aliphatic rings. The number of hydrogen-bond acceptors (Lipinski definition) is 4. The summed E-state index contributed by atoms with van der Waals surface area (Å²) in [5.41, 5.74) is -0.00537. The number of aromatic nitrogens is 1. The van der Waals surface area contributed by atoms with E-state index < -0.39 is 11.7 Å². The Balaban J connectivity index is 2.54. The van der Waals surface area contributed by atoms with Crippen LogP contribution in [0.3, 0.4) is 0 Å². The lowest BCUT2D eigenvalue weighted by atomic mass is 10.2. The van der Waals surface area contributed by atoms with Crippen molar-refractivity contribution in [2.75, 3.05) is 14.2 Å². The van der Waals surface area contributed by atoms with Gasteiger partial charge in [0.2, 0.25) is 5.58 Å². The van der Waals surface area contributed by atoms with E-state index in [4.69, 9.17) is 9.36 Å². The molecule has 0 N–H and O–H groups in total.